The Morgan fingerprint density at radius 3 is 2.10 bits per heavy atom. The lowest BCUT2D eigenvalue weighted by Gasteiger charge is -2.38. The van der Waals surface area contributed by atoms with Crippen molar-refractivity contribution < 1.29 is 0 Å². The quantitative estimate of drug-likeness (QED) is 0.194. The molecule has 3 heteroatoms. The molecule has 1 unspecified atom stereocenters. The predicted molar refractivity (Wildman–Crippen MR) is 201 cm³/mol. The molecule has 3 heterocycles. The van der Waals surface area contributed by atoms with Crippen molar-refractivity contribution in [1.82, 2.24) is 14.5 Å². The molecule has 11 rings (SSSR count). The molecule has 0 bridgehead atoms. The lowest BCUT2D eigenvalue weighted by Crippen LogP contribution is -2.34. The van der Waals surface area contributed by atoms with E-state index < -0.39 is 5.41 Å². The Bertz CT molecular complexity index is 2800. The molecule has 0 saturated carbocycles. The van der Waals surface area contributed by atoms with Gasteiger partial charge in [-0.05, 0) is 52.1 Å². The topological polar surface area (TPSA) is 30.7 Å². The summed E-state index contributed by atoms with van der Waals surface area (Å²) in [5.74, 6) is 0.720. The molecule has 0 fully saturated rings. The fourth-order valence-electron chi connectivity index (χ4n) is 8.65. The number of nitrogens with zero attached hydrogens (tertiary/aromatic N) is 3. The summed E-state index contributed by atoms with van der Waals surface area (Å²) in [4.78, 5) is 11.1. The first-order valence-corrected chi connectivity index (χ1v) is 17.0. The third-order valence-electron chi connectivity index (χ3n) is 10.7. The Labute approximate surface area is 289 Å². The lowest BCUT2D eigenvalue weighted by molar-refractivity contribution is 0.720. The second-order valence-corrected chi connectivity index (χ2v) is 13.1. The first-order chi connectivity index (χ1) is 24.8. The molecule has 0 amide bonds. The van der Waals surface area contributed by atoms with Gasteiger partial charge in [0.05, 0.1) is 33.5 Å². The number of aromatic nitrogens is 3. The maximum Gasteiger partial charge on any atom is 0.160 e. The van der Waals surface area contributed by atoms with Crippen molar-refractivity contribution in [2.24, 2.45) is 0 Å². The summed E-state index contributed by atoms with van der Waals surface area (Å²) in [6, 6.07) is 64.8. The van der Waals surface area contributed by atoms with Crippen molar-refractivity contribution >= 4 is 21.8 Å². The smallest absolute Gasteiger partial charge is 0.160 e. The van der Waals surface area contributed by atoms with Gasteiger partial charge in [0.1, 0.15) is 0 Å². The molecule has 1 aliphatic carbocycles. The molecule has 230 valence electrons. The van der Waals surface area contributed by atoms with Crippen molar-refractivity contribution in [3.8, 4) is 50.6 Å². The van der Waals surface area contributed by atoms with Gasteiger partial charge in [0, 0.05) is 33.0 Å². The molecule has 1 aliphatic heterocycles. The van der Waals surface area contributed by atoms with Crippen molar-refractivity contribution in [1.29, 1.82) is 0 Å². The van der Waals surface area contributed by atoms with Gasteiger partial charge in [-0.2, -0.15) is 0 Å². The van der Waals surface area contributed by atoms with Crippen LogP contribution >= 0.6 is 0 Å². The fraction of sp³-hybridized carbons (Fsp3) is 0.0213. The summed E-state index contributed by atoms with van der Waals surface area (Å²) in [6.07, 6.45) is 0. The van der Waals surface area contributed by atoms with Gasteiger partial charge < -0.3 is 4.57 Å². The fourth-order valence-corrected chi connectivity index (χ4v) is 8.65. The SMILES string of the molecule is c1cccc(-c2ccc(-c3nc(-c4ccccc4)nc4c3-c3ccccc3C43c4ccccc4-n4c5ccccc5c5cccc3c54)cc2)c#1. The van der Waals surface area contributed by atoms with E-state index in [1.54, 1.807) is 0 Å². The Hall–Kier alpha value is -6.76. The van der Waals surface area contributed by atoms with E-state index in [1.165, 1.54) is 49.7 Å². The van der Waals surface area contributed by atoms with Gasteiger partial charge in [0.25, 0.3) is 0 Å². The van der Waals surface area contributed by atoms with Gasteiger partial charge in [-0.1, -0.05) is 152 Å². The minimum Gasteiger partial charge on any atom is -0.309 e. The van der Waals surface area contributed by atoms with Gasteiger partial charge in [0.15, 0.2) is 5.82 Å². The van der Waals surface area contributed by atoms with E-state index >= 15 is 0 Å². The van der Waals surface area contributed by atoms with E-state index in [2.05, 4.69) is 162 Å². The van der Waals surface area contributed by atoms with Crippen LogP contribution in [0.5, 0.6) is 0 Å². The van der Waals surface area contributed by atoms with Gasteiger partial charge in [0.2, 0.25) is 0 Å². The average Bonchev–Trinajstić information content (AvgIpc) is 3.69. The highest BCUT2D eigenvalue weighted by Gasteiger charge is 2.53. The van der Waals surface area contributed by atoms with Crippen LogP contribution in [-0.2, 0) is 5.41 Å². The minimum atomic E-state index is -0.664. The number of para-hydroxylation sites is 3. The molecular weight excluding hydrogens is 607 g/mol. The maximum absolute atomic E-state index is 5.65. The third kappa shape index (κ3) is 3.49. The van der Waals surface area contributed by atoms with Crippen LogP contribution in [-0.4, -0.2) is 14.5 Å². The summed E-state index contributed by atoms with van der Waals surface area (Å²) in [7, 11) is 0. The molecule has 9 aromatic rings. The number of hydrogen-bond donors (Lipinski definition) is 0. The molecule has 0 saturated heterocycles. The van der Waals surface area contributed by atoms with Crippen molar-refractivity contribution in [2.75, 3.05) is 0 Å². The monoisotopic (exact) mass is 633 g/mol. The molecule has 7 aromatic carbocycles. The molecule has 2 aliphatic rings. The van der Waals surface area contributed by atoms with E-state index in [0.29, 0.717) is 0 Å². The normalized spacial score (nSPS) is 15.1. The second kappa shape index (κ2) is 10.1. The van der Waals surface area contributed by atoms with Crippen LogP contribution in [0.2, 0.25) is 0 Å². The number of rotatable bonds is 3. The minimum absolute atomic E-state index is 0.664. The zero-order valence-corrected chi connectivity index (χ0v) is 26.9. The van der Waals surface area contributed by atoms with E-state index in [0.717, 1.165) is 45.0 Å². The van der Waals surface area contributed by atoms with Gasteiger partial charge in [-0.3, -0.25) is 0 Å². The molecule has 1 spiro atoms. The van der Waals surface area contributed by atoms with Gasteiger partial charge in [-0.15, -0.1) is 0 Å². The highest BCUT2D eigenvalue weighted by molar-refractivity contribution is 6.13. The molecule has 0 N–H and O–H groups in total. The zero-order valence-electron chi connectivity index (χ0n) is 26.9. The van der Waals surface area contributed by atoms with Crippen LogP contribution in [0.4, 0.5) is 0 Å². The Balaban J connectivity index is 1.29. The molecule has 3 nitrogen and oxygen atoms in total. The third-order valence-corrected chi connectivity index (χ3v) is 10.7. The van der Waals surface area contributed by atoms with Crippen molar-refractivity contribution in [3.63, 3.8) is 0 Å². The summed E-state index contributed by atoms with van der Waals surface area (Å²) in [6.45, 7) is 0. The first-order valence-electron chi connectivity index (χ1n) is 17.0. The average molecular weight is 634 g/mol. The van der Waals surface area contributed by atoms with Crippen LogP contribution in [0.15, 0.2) is 164 Å². The summed E-state index contributed by atoms with van der Waals surface area (Å²) >= 11 is 0. The van der Waals surface area contributed by atoms with Crippen molar-refractivity contribution in [3.05, 3.63) is 198 Å². The zero-order chi connectivity index (χ0) is 32.8. The molecular formula is C47H27N3. The maximum atomic E-state index is 5.65. The van der Waals surface area contributed by atoms with Crippen LogP contribution in [0.3, 0.4) is 0 Å². The molecule has 2 aromatic heterocycles. The number of hydrogen-bond acceptors (Lipinski definition) is 2. The standard InChI is InChI=1S/C47H27N3/c1-3-14-30(15-4-1)31-26-28-32(29-27-31)43-42-36-19-7-9-21-37(36)47(45(42)49-46(48-43)33-16-5-2-6-17-33)38-22-10-12-25-41(38)50-40-24-11-8-18-34(40)35-20-13-23-39(47)44(35)50/h1-3,5-14,16-29H. The van der Waals surface area contributed by atoms with Crippen LogP contribution < -0.4 is 0 Å². The van der Waals surface area contributed by atoms with E-state index in [9.17, 15) is 0 Å². The largest absolute Gasteiger partial charge is 0.309 e. The Morgan fingerprint density at radius 1 is 0.520 bits per heavy atom. The summed E-state index contributed by atoms with van der Waals surface area (Å²) in [5, 5.41) is 2.51. The molecule has 0 radical (unpaired) electrons. The van der Waals surface area contributed by atoms with E-state index in [1.807, 2.05) is 18.2 Å². The van der Waals surface area contributed by atoms with Crippen LogP contribution in [0, 0.1) is 12.1 Å². The van der Waals surface area contributed by atoms with Crippen LogP contribution in [0.25, 0.3) is 72.4 Å². The lowest BCUT2D eigenvalue weighted by atomic mass is 9.67. The molecule has 1 atom stereocenters. The second-order valence-electron chi connectivity index (χ2n) is 13.1. The van der Waals surface area contributed by atoms with E-state index in [4.69, 9.17) is 9.97 Å². The van der Waals surface area contributed by atoms with Gasteiger partial charge in [-0.25, -0.2) is 9.97 Å². The molecule has 50 heavy (non-hydrogen) atoms. The number of benzene rings is 6. The Morgan fingerprint density at radius 2 is 1.24 bits per heavy atom. The first kappa shape index (κ1) is 27.2. The van der Waals surface area contributed by atoms with E-state index in [-0.39, 0.29) is 0 Å². The highest BCUT2D eigenvalue weighted by atomic mass is 15.0. The van der Waals surface area contributed by atoms with Crippen LogP contribution in [0.1, 0.15) is 22.4 Å². The summed E-state index contributed by atoms with van der Waals surface area (Å²) in [5.41, 5.74) is 15.0. The number of fused-ring (bicyclic) bond motifs is 12. The van der Waals surface area contributed by atoms with Gasteiger partial charge >= 0.3 is 0 Å². The highest BCUT2D eigenvalue weighted by Crippen LogP contribution is 2.61. The predicted octanol–water partition coefficient (Wildman–Crippen LogP) is 10.9. The van der Waals surface area contributed by atoms with Crippen molar-refractivity contribution in [2.45, 2.75) is 5.41 Å². The summed E-state index contributed by atoms with van der Waals surface area (Å²) < 4.78 is 2.47. The Kier molecular flexibility index (Phi) is 5.51.